The number of halogens is 3. The highest BCUT2D eigenvalue weighted by atomic mass is 19.2. The van der Waals surface area contributed by atoms with Crippen LogP contribution >= 0.6 is 0 Å². The molecule has 1 atom stereocenters. The monoisotopic (exact) mass is 362 g/mol. The third-order valence-electron chi connectivity index (χ3n) is 4.36. The second kappa shape index (κ2) is 7.59. The summed E-state index contributed by atoms with van der Waals surface area (Å²) < 4.78 is 40.3. The van der Waals surface area contributed by atoms with Crippen molar-refractivity contribution in [3.05, 3.63) is 65.5 Å². The maximum Gasteiger partial charge on any atom is 0.227 e. The van der Waals surface area contributed by atoms with Gasteiger partial charge >= 0.3 is 0 Å². The molecule has 0 radical (unpaired) electrons. The second-order valence-corrected chi connectivity index (χ2v) is 6.13. The van der Waals surface area contributed by atoms with Gasteiger partial charge in [-0.2, -0.15) is 0 Å². The summed E-state index contributed by atoms with van der Waals surface area (Å²) in [5, 5.41) is 2.76. The largest absolute Gasteiger partial charge is 0.355 e. The molecule has 3 rings (SSSR count). The van der Waals surface area contributed by atoms with Gasteiger partial charge in [0.05, 0.1) is 11.6 Å². The van der Waals surface area contributed by atoms with Crippen molar-refractivity contribution in [2.75, 3.05) is 18.0 Å². The van der Waals surface area contributed by atoms with E-state index in [0.717, 1.165) is 22.6 Å². The minimum Gasteiger partial charge on any atom is -0.355 e. The lowest BCUT2D eigenvalue weighted by Gasteiger charge is -2.17. The van der Waals surface area contributed by atoms with Crippen molar-refractivity contribution in [1.29, 1.82) is 0 Å². The van der Waals surface area contributed by atoms with Crippen LogP contribution in [0.4, 0.5) is 18.9 Å². The minimum atomic E-state index is -1.63. The highest BCUT2D eigenvalue weighted by Gasteiger charge is 2.36. The fourth-order valence-corrected chi connectivity index (χ4v) is 2.96. The number of amides is 2. The van der Waals surface area contributed by atoms with E-state index >= 15 is 0 Å². The zero-order valence-corrected chi connectivity index (χ0v) is 13.8. The van der Waals surface area contributed by atoms with E-state index < -0.39 is 29.3 Å². The Hall–Kier alpha value is -2.83. The van der Waals surface area contributed by atoms with Crippen LogP contribution in [0.15, 0.2) is 42.5 Å². The fraction of sp³-hybridized carbons (Fsp3) is 0.263. The lowest BCUT2D eigenvalue weighted by atomic mass is 10.1. The number of rotatable bonds is 5. The predicted octanol–water partition coefficient (Wildman–Crippen LogP) is 2.82. The molecule has 7 heteroatoms. The number of carbonyl (C=O) groups excluding carboxylic acids is 2. The molecule has 1 aliphatic rings. The molecular formula is C19H17F3N2O2. The quantitative estimate of drug-likeness (QED) is 0.832. The first-order valence-electron chi connectivity index (χ1n) is 8.23. The lowest BCUT2D eigenvalue weighted by Crippen LogP contribution is -2.34. The SMILES string of the molecule is O=C(NCCc1ccccc1)C1CC(=O)N(c2ccc(F)c(F)c2F)C1. The first-order valence-corrected chi connectivity index (χ1v) is 8.23. The highest BCUT2D eigenvalue weighted by molar-refractivity contribution is 6.00. The highest BCUT2D eigenvalue weighted by Crippen LogP contribution is 2.29. The normalized spacial score (nSPS) is 16.8. The van der Waals surface area contributed by atoms with Gasteiger partial charge in [0, 0.05) is 19.5 Å². The standard InChI is InChI=1S/C19H17F3N2O2/c20-14-6-7-15(18(22)17(14)21)24-11-13(10-16(24)25)19(26)23-9-8-12-4-2-1-3-5-12/h1-7,13H,8-11H2,(H,23,26). The van der Waals surface area contributed by atoms with E-state index in [2.05, 4.69) is 5.32 Å². The summed E-state index contributed by atoms with van der Waals surface area (Å²) in [5.41, 5.74) is 0.717. The molecule has 0 bridgehead atoms. The molecule has 1 N–H and O–H groups in total. The van der Waals surface area contributed by atoms with Crippen LogP contribution in [0.2, 0.25) is 0 Å². The van der Waals surface area contributed by atoms with Crippen molar-refractivity contribution < 1.29 is 22.8 Å². The molecular weight excluding hydrogens is 345 g/mol. The Balaban J connectivity index is 1.60. The molecule has 0 spiro atoms. The maximum atomic E-state index is 13.9. The number of carbonyl (C=O) groups is 2. The Morgan fingerprint density at radius 2 is 1.81 bits per heavy atom. The molecule has 0 aromatic heterocycles. The first kappa shape index (κ1) is 18.0. The smallest absolute Gasteiger partial charge is 0.227 e. The molecule has 2 aromatic carbocycles. The van der Waals surface area contributed by atoms with Gasteiger partial charge in [-0.3, -0.25) is 9.59 Å². The third kappa shape index (κ3) is 3.71. The number of hydrogen-bond donors (Lipinski definition) is 1. The molecule has 26 heavy (non-hydrogen) atoms. The molecule has 2 aromatic rings. The lowest BCUT2D eigenvalue weighted by molar-refractivity contribution is -0.126. The van der Waals surface area contributed by atoms with Crippen LogP contribution in [0.25, 0.3) is 0 Å². The number of hydrogen-bond acceptors (Lipinski definition) is 2. The Labute approximate surface area is 148 Å². The average molecular weight is 362 g/mol. The molecule has 136 valence electrons. The van der Waals surface area contributed by atoms with E-state index in [1.54, 1.807) is 0 Å². The Kier molecular flexibility index (Phi) is 5.25. The molecule has 0 aliphatic carbocycles. The molecule has 1 saturated heterocycles. The molecule has 1 aliphatic heterocycles. The Morgan fingerprint density at radius 1 is 1.08 bits per heavy atom. The molecule has 2 amide bonds. The van der Waals surface area contributed by atoms with Crippen molar-refractivity contribution in [2.24, 2.45) is 5.92 Å². The van der Waals surface area contributed by atoms with Gasteiger partial charge in [-0.1, -0.05) is 30.3 Å². The van der Waals surface area contributed by atoms with Crippen molar-refractivity contribution in [3.63, 3.8) is 0 Å². The van der Waals surface area contributed by atoms with Gasteiger partial charge in [-0.15, -0.1) is 0 Å². The average Bonchev–Trinajstić information content (AvgIpc) is 3.02. The van der Waals surface area contributed by atoms with Gasteiger partial charge in [-0.05, 0) is 24.1 Å². The summed E-state index contributed by atoms with van der Waals surface area (Å²) in [4.78, 5) is 25.3. The van der Waals surface area contributed by atoms with Gasteiger partial charge in [0.2, 0.25) is 11.8 Å². The van der Waals surface area contributed by atoms with Crippen molar-refractivity contribution in [1.82, 2.24) is 5.32 Å². The minimum absolute atomic E-state index is 0.0714. The van der Waals surface area contributed by atoms with E-state index in [9.17, 15) is 22.8 Å². The van der Waals surface area contributed by atoms with Crippen LogP contribution in [0.5, 0.6) is 0 Å². The van der Waals surface area contributed by atoms with Gasteiger partial charge in [-0.25, -0.2) is 13.2 Å². The maximum absolute atomic E-state index is 13.9. The summed E-state index contributed by atoms with van der Waals surface area (Å²) in [5.74, 6) is -5.87. The summed E-state index contributed by atoms with van der Waals surface area (Å²) in [6.07, 6.45) is 0.546. The van der Waals surface area contributed by atoms with Gasteiger partial charge < -0.3 is 10.2 Å². The molecule has 1 unspecified atom stereocenters. The molecule has 1 heterocycles. The van der Waals surface area contributed by atoms with Crippen LogP contribution < -0.4 is 10.2 Å². The summed E-state index contributed by atoms with van der Waals surface area (Å²) in [6.45, 7) is 0.338. The van der Waals surface area contributed by atoms with Crippen molar-refractivity contribution >= 4 is 17.5 Å². The first-order chi connectivity index (χ1) is 12.5. The van der Waals surface area contributed by atoms with Crippen molar-refractivity contribution in [3.8, 4) is 0 Å². The second-order valence-electron chi connectivity index (χ2n) is 6.13. The molecule has 0 saturated carbocycles. The summed E-state index contributed by atoms with van der Waals surface area (Å²) in [7, 11) is 0. The summed E-state index contributed by atoms with van der Waals surface area (Å²) in [6, 6.07) is 11.4. The number of nitrogens with zero attached hydrogens (tertiary/aromatic N) is 1. The van der Waals surface area contributed by atoms with Gasteiger partial charge in [0.25, 0.3) is 0 Å². The van der Waals surface area contributed by atoms with E-state index in [-0.39, 0.29) is 24.6 Å². The molecule has 1 fully saturated rings. The van der Waals surface area contributed by atoms with Crippen LogP contribution in [0.1, 0.15) is 12.0 Å². The number of anilines is 1. The fourth-order valence-electron chi connectivity index (χ4n) is 2.96. The number of nitrogens with one attached hydrogen (secondary N) is 1. The Morgan fingerprint density at radius 3 is 2.54 bits per heavy atom. The number of benzene rings is 2. The van der Waals surface area contributed by atoms with Crippen LogP contribution in [-0.4, -0.2) is 24.9 Å². The third-order valence-corrected chi connectivity index (χ3v) is 4.36. The van der Waals surface area contributed by atoms with E-state index in [4.69, 9.17) is 0 Å². The van der Waals surface area contributed by atoms with Crippen LogP contribution in [-0.2, 0) is 16.0 Å². The molecule has 4 nitrogen and oxygen atoms in total. The van der Waals surface area contributed by atoms with Crippen LogP contribution in [0, 0.1) is 23.4 Å². The topological polar surface area (TPSA) is 49.4 Å². The zero-order chi connectivity index (χ0) is 18.7. The Bertz CT molecular complexity index is 827. The van der Waals surface area contributed by atoms with Gasteiger partial charge in [0.15, 0.2) is 17.5 Å². The van der Waals surface area contributed by atoms with Crippen molar-refractivity contribution in [2.45, 2.75) is 12.8 Å². The zero-order valence-electron chi connectivity index (χ0n) is 13.8. The van der Waals surface area contributed by atoms with Crippen LogP contribution in [0.3, 0.4) is 0 Å². The van der Waals surface area contributed by atoms with Gasteiger partial charge in [0.1, 0.15) is 0 Å². The predicted molar refractivity (Wildman–Crippen MR) is 89.9 cm³/mol. The van der Waals surface area contributed by atoms with E-state index in [1.165, 1.54) is 0 Å². The van der Waals surface area contributed by atoms with E-state index in [0.29, 0.717) is 13.0 Å². The summed E-state index contributed by atoms with van der Waals surface area (Å²) >= 11 is 0. The van der Waals surface area contributed by atoms with E-state index in [1.807, 2.05) is 30.3 Å².